The highest BCUT2D eigenvalue weighted by Gasteiger charge is 2.23. The van der Waals surface area contributed by atoms with Gasteiger partial charge in [-0.05, 0) is 52.0 Å². The molecule has 0 aromatic heterocycles. The highest BCUT2D eigenvalue weighted by molar-refractivity contribution is 5.94. The SMILES string of the molecule is CC(C)OC(=O)c1ccc(NC(=O)CN2C[C@H](C)O[C@@H](C)C2)cc1. The monoisotopic (exact) mass is 334 g/mol. The number of nitrogens with one attached hydrogen (secondary N) is 1. The number of nitrogens with zero attached hydrogens (tertiary/aromatic N) is 1. The maximum absolute atomic E-state index is 12.2. The van der Waals surface area contributed by atoms with Crippen LogP contribution in [0.25, 0.3) is 0 Å². The Balaban J connectivity index is 1.86. The largest absolute Gasteiger partial charge is 0.459 e. The van der Waals surface area contributed by atoms with Crippen LogP contribution in [0, 0.1) is 0 Å². The van der Waals surface area contributed by atoms with E-state index in [0.717, 1.165) is 13.1 Å². The van der Waals surface area contributed by atoms with Crippen molar-refractivity contribution in [1.29, 1.82) is 0 Å². The Hall–Kier alpha value is -1.92. The smallest absolute Gasteiger partial charge is 0.338 e. The summed E-state index contributed by atoms with van der Waals surface area (Å²) in [4.78, 5) is 26.0. The van der Waals surface area contributed by atoms with E-state index in [0.29, 0.717) is 17.8 Å². The molecule has 1 aliphatic rings. The second kappa shape index (κ2) is 8.26. The Morgan fingerprint density at radius 2 is 1.79 bits per heavy atom. The average molecular weight is 334 g/mol. The molecule has 0 bridgehead atoms. The van der Waals surface area contributed by atoms with Crippen molar-refractivity contribution in [1.82, 2.24) is 4.90 Å². The molecule has 1 heterocycles. The summed E-state index contributed by atoms with van der Waals surface area (Å²) in [5.41, 5.74) is 1.13. The number of benzene rings is 1. The molecule has 24 heavy (non-hydrogen) atoms. The number of hydrogen-bond donors (Lipinski definition) is 1. The summed E-state index contributed by atoms with van der Waals surface area (Å²) in [7, 11) is 0. The molecule has 1 aromatic carbocycles. The minimum atomic E-state index is -0.362. The van der Waals surface area contributed by atoms with E-state index in [4.69, 9.17) is 9.47 Å². The van der Waals surface area contributed by atoms with Crippen LogP contribution < -0.4 is 5.32 Å². The van der Waals surface area contributed by atoms with Crippen LogP contribution >= 0.6 is 0 Å². The van der Waals surface area contributed by atoms with Crippen molar-refractivity contribution >= 4 is 17.6 Å². The van der Waals surface area contributed by atoms with Crippen LogP contribution in [-0.4, -0.2) is 54.7 Å². The zero-order valence-electron chi connectivity index (χ0n) is 14.7. The van der Waals surface area contributed by atoms with E-state index in [9.17, 15) is 9.59 Å². The molecule has 2 atom stereocenters. The van der Waals surface area contributed by atoms with Crippen molar-refractivity contribution in [2.75, 3.05) is 25.0 Å². The molecule has 6 heteroatoms. The van der Waals surface area contributed by atoms with E-state index in [1.165, 1.54) is 0 Å². The molecular formula is C18H26N2O4. The van der Waals surface area contributed by atoms with Gasteiger partial charge in [0.05, 0.1) is 30.4 Å². The first-order valence-corrected chi connectivity index (χ1v) is 8.32. The third kappa shape index (κ3) is 5.62. The fraction of sp³-hybridized carbons (Fsp3) is 0.556. The van der Waals surface area contributed by atoms with E-state index >= 15 is 0 Å². The van der Waals surface area contributed by atoms with Gasteiger partial charge in [0, 0.05) is 18.8 Å². The summed E-state index contributed by atoms with van der Waals surface area (Å²) in [5, 5.41) is 2.85. The second-order valence-electron chi connectivity index (χ2n) is 6.53. The van der Waals surface area contributed by atoms with Crippen molar-refractivity contribution in [3.63, 3.8) is 0 Å². The van der Waals surface area contributed by atoms with Gasteiger partial charge in [0.1, 0.15) is 0 Å². The van der Waals surface area contributed by atoms with E-state index in [-0.39, 0.29) is 30.2 Å². The predicted octanol–water partition coefficient (Wildman–Crippen LogP) is 2.30. The molecule has 2 rings (SSSR count). The lowest BCUT2D eigenvalue weighted by molar-refractivity contribution is -0.121. The van der Waals surface area contributed by atoms with Crippen LogP contribution in [0.3, 0.4) is 0 Å². The quantitative estimate of drug-likeness (QED) is 0.837. The number of hydrogen-bond acceptors (Lipinski definition) is 5. The third-order valence-corrected chi connectivity index (χ3v) is 3.61. The minimum Gasteiger partial charge on any atom is -0.459 e. The summed E-state index contributed by atoms with van der Waals surface area (Å²) in [5.74, 6) is -0.437. The van der Waals surface area contributed by atoms with Gasteiger partial charge >= 0.3 is 5.97 Å². The summed E-state index contributed by atoms with van der Waals surface area (Å²) >= 11 is 0. The maximum Gasteiger partial charge on any atom is 0.338 e. The van der Waals surface area contributed by atoms with E-state index in [1.807, 2.05) is 13.8 Å². The summed E-state index contributed by atoms with van der Waals surface area (Å²) in [6.07, 6.45) is 0.107. The molecule has 0 unspecified atom stereocenters. The van der Waals surface area contributed by atoms with Crippen LogP contribution in [0.4, 0.5) is 5.69 Å². The lowest BCUT2D eigenvalue weighted by atomic mass is 10.2. The van der Waals surface area contributed by atoms with Crippen molar-refractivity contribution in [3.05, 3.63) is 29.8 Å². The highest BCUT2D eigenvalue weighted by Crippen LogP contribution is 2.13. The molecule has 0 radical (unpaired) electrons. The van der Waals surface area contributed by atoms with Gasteiger partial charge in [-0.25, -0.2) is 4.79 Å². The molecule has 1 fully saturated rings. The van der Waals surface area contributed by atoms with Crippen LogP contribution in [0.15, 0.2) is 24.3 Å². The normalized spacial score (nSPS) is 21.5. The molecule has 1 aromatic rings. The molecule has 1 amide bonds. The fourth-order valence-corrected chi connectivity index (χ4v) is 2.79. The van der Waals surface area contributed by atoms with Crippen molar-refractivity contribution in [2.24, 2.45) is 0 Å². The Morgan fingerprint density at radius 1 is 1.21 bits per heavy atom. The first-order chi connectivity index (χ1) is 11.3. The van der Waals surface area contributed by atoms with Gasteiger partial charge in [0.15, 0.2) is 0 Å². The fourth-order valence-electron chi connectivity index (χ4n) is 2.79. The Labute approximate surface area is 143 Å². The molecule has 0 saturated carbocycles. The van der Waals surface area contributed by atoms with Crippen molar-refractivity contribution < 1.29 is 19.1 Å². The number of amides is 1. The summed E-state index contributed by atoms with van der Waals surface area (Å²) in [6, 6.07) is 6.72. The predicted molar refractivity (Wildman–Crippen MR) is 92.1 cm³/mol. The summed E-state index contributed by atoms with van der Waals surface area (Å²) < 4.78 is 10.8. The molecule has 1 N–H and O–H groups in total. The van der Waals surface area contributed by atoms with Gasteiger partial charge in [0.2, 0.25) is 5.91 Å². The minimum absolute atomic E-state index is 0.0752. The number of rotatable bonds is 5. The number of morpholine rings is 1. The lowest BCUT2D eigenvalue weighted by Crippen LogP contribution is -2.48. The topological polar surface area (TPSA) is 67.9 Å². The van der Waals surface area contributed by atoms with Gasteiger partial charge in [-0.15, -0.1) is 0 Å². The molecule has 0 aliphatic carbocycles. The van der Waals surface area contributed by atoms with Gasteiger partial charge in [-0.1, -0.05) is 0 Å². The van der Waals surface area contributed by atoms with E-state index < -0.39 is 0 Å². The van der Waals surface area contributed by atoms with Crippen LogP contribution in [0.5, 0.6) is 0 Å². The van der Waals surface area contributed by atoms with Crippen LogP contribution in [0.2, 0.25) is 0 Å². The molecule has 1 saturated heterocycles. The van der Waals surface area contributed by atoms with Crippen LogP contribution in [0.1, 0.15) is 38.1 Å². The molecular weight excluding hydrogens is 308 g/mol. The first-order valence-electron chi connectivity index (χ1n) is 8.32. The average Bonchev–Trinajstić information content (AvgIpc) is 2.45. The highest BCUT2D eigenvalue weighted by atomic mass is 16.5. The number of esters is 1. The third-order valence-electron chi connectivity index (χ3n) is 3.61. The van der Waals surface area contributed by atoms with Gasteiger partial charge < -0.3 is 14.8 Å². The van der Waals surface area contributed by atoms with Crippen LogP contribution in [-0.2, 0) is 14.3 Å². The van der Waals surface area contributed by atoms with Crippen molar-refractivity contribution in [2.45, 2.75) is 46.0 Å². The van der Waals surface area contributed by atoms with E-state index in [2.05, 4.69) is 10.2 Å². The lowest BCUT2D eigenvalue weighted by Gasteiger charge is -2.34. The summed E-state index contributed by atoms with van der Waals surface area (Å²) in [6.45, 7) is 9.45. The molecule has 1 aliphatic heterocycles. The zero-order valence-corrected chi connectivity index (χ0v) is 14.7. The molecule has 132 valence electrons. The van der Waals surface area contributed by atoms with Crippen molar-refractivity contribution in [3.8, 4) is 0 Å². The number of ether oxygens (including phenoxy) is 2. The van der Waals surface area contributed by atoms with E-state index in [1.54, 1.807) is 38.1 Å². The number of carbonyl (C=O) groups is 2. The first kappa shape index (κ1) is 18.4. The Morgan fingerprint density at radius 3 is 2.33 bits per heavy atom. The van der Waals surface area contributed by atoms with Gasteiger partial charge in [-0.3, -0.25) is 9.69 Å². The maximum atomic E-state index is 12.2. The Kier molecular flexibility index (Phi) is 6.34. The van der Waals surface area contributed by atoms with Gasteiger partial charge in [0.25, 0.3) is 0 Å². The molecule has 0 spiro atoms. The standard InChI is InChI=1S/C18H26N2O4/c1-12(2)23-18(22)15-5-7-16(8-6-15)19-17(21)11-20-9-13(3)24-14(4)10-20/h5-8,12-14H,9-11H2,1-4H3,(H,19,21)/t13-,14-/m0/s1. The number of anilines is 1. The zero-order chi connectivity index (χ0) is 17.7. The second-order valence-corrected chi connectivity index (χ2v) is 6.53. The molecule has 6 nitrogen and oxygen atoms in total. The Bertz CT molecular complexity index is 561. The van der Waals surface area contributed by atoms with Gasteiger partial charge in [-0.2, -0.15) is 0 Å². The number of carbonyl (C=O) groups excluding carboxylic acids is 2.